The molecule has 20 atom stereocenters. The van der Waals surface area contributed by atoms with E-state index in [-0.39, 0.29) is 0 Å². The third-order valence-electron chi connectivity index (χ3n) is 10.2. The summed E-state index contributed by atoms with van der Waals surface area (Å²) in [6.45, 7) is 0.622. The minimum atomic E-state index is -5.03. The van der Waals surface area contributed by atoms with Gasteiger partial charge in [0, 0.05) is 26.2 Å². The van der Waals surface area contributed by atoms with E-state index in [0.29, 0.717) is 0 Å². The monoisotopic (exact) mass is 952 g/mol. The molecule has 0 spiro atoms. The molecule has 5 saturated heterocycles. The molecule has 5 fully saturated rings. The molecule has 0 aromatic carbocycles. The van der Waals surface area contributed by atoms with Crippen LogP contribution in [0.2, 0.25) is 26.2 Å². The highest BCUT2D eigenvalue weighted by Gasteiger charge is 2.68. The summed E-state index contributed by atoms with van der Waals surface area (Å²) in [5, 5.41) is 170. The van der Waals surface area contributed by atoms with Gasteiger partial charge in [-0.05, 0) is 0 Å². The van der Waals surface area contributed by atoms with E-state index < -0.39 is 184 Å². The number of aliphatic hydroxyl groups is 16. The van der Waals surface area contributed by atoms with Crippen LogP contribution < -0.4 is 0 Å². The lowest BCUT2D eigenvalue weighted by atomic mass is 9.99. The van der Waals surface area contributed by atoms with E-state index in [4.69, 9.17) is 53.1 Å². The third-order valence-corrected chi connectivity index (χ3v) is 24.9. The molecule has 0 aliphatic carbocycles. The van der Waals surface area contributed by atoms with Gasteiger partial charge in [-0.1, -0.05) is 0 Å². The topological polar surface area (TPSA) is 434 Å². The minimum Gasteiger partial charge on any atom is -0.394 e. The first-order valence-electron chi connectivity index (χ1n) is 18.6. The summed E-state index contributed by atoms with van der Waals surface area (Å²) in [6, 6.07) is 0. The summed E-state index contributed by atoms with van der Waals surface area (Å²) < 4.78 is 70.3. The van der Waals surface area contributed by atoms with Crippen molar-refractivity contribution in [2.24, 2.45) is 0 Å². The van der Waals surface area contributed by atoms with Crippen molar-refractivity contribution in [3.63, 3.8) is 0 Å². The Bertz CT molecular complexity index is 1190. The quantitative estimate of drug-likeness (QED) is 0.0808. The molecule has 0 aromatic rings. The zero-order chi connectivity index (χ0) is 44.9. The fraction of sp³-hybridized carbons (Fsp3) is 1.00. The Morgan fingerprint density at radius 1 is 0.317 bits per heavy atom. The summed E-state index contributed by atoms with van der Waals surface area (Å²) in [7, 11) is -20.1. The molecular weight excluding hydrogens is 897 g/mol. The van der Waals surface area contributed by atoms with Gasteiger partial charge in [0.2, 0.25) is 0 Å². The van der Waals surface area contributed by atoms with E-state index in [0.717, 1.165) is 26.2 Å². The van der Waals surface area contributed by atoms with Crippen LogP contribution in [0.1, 0.15) is 0 Å². The highest BCUT2D eigenvalue weighted by molar-refractivity contribution is 6.88. The van der Waals surface area contributed by atoms with Gasteiger partial charge in [0.1, 0.15) is 97.7 Å². The molecule has 60 heavy (non-hydrogen) atoms. The Morgan fingerprint density at radius 2 is 0.483 bits per heavy atom. The Labute approximate surface area is 345 Å². The number of ether oxygens (including phenoxy) is 4. The lowest BCUT2D eigenvalue weighted by Crippen LogP contribution is -2.76. The molecule has 0 bridgehead atoms. The van der Waals surface area contributed by atoms with Gasteiger partial charge >= 0.3 is 35.2 Å². The molecule has 5 aliphatic rings. The molecule has 5 aliphatic heterocycles. The normalized spacial score (nSPS) is 54.6. The van der Waals surface area contributed by atoms with Crippen molar-refractivity contribution >= 4 is 35.2 Å². The van der Waals surface area contributed by atoms with Crippen molar-refractivity contribution in [1.29, 1.82) is 0 Å². The summed E-state index contributed by atoms with van der Waals surface area (Å²) in [6.07, 6.45) is -38.9. The molecule has 28 nitrogen and oxygen atoms in total. The SMILES string of the molecule is C[Si]1(O[C@H]2[C@H](O)[C@@H](CO)OC(O)[C@@H]2O)O[Si](C)(O[C@H]2[C@H](O)[C@@H](CO)OC(O)[C@@H]2O)O[Si](C)(O[C@H]2[C@H](O)[C@@H](CO)OC(O)[C@@H]2O)O[Si](C)(O[C@H]2[C@H](O)[C@@H](CO)OC(O)[C@@H]2O)O1. The Balaban J connectivity index is 1.65. The Hall–Kier alpha value is -0.252. The van der Waals surface area contributed by atoms with Gasteiger partial charge in [0.25, 0.3) is 0 Å². The molecule has 0 aromatic heterocycles. The van der Waals surface area contributed by atoms with Gasteiger partial charge in [0.15, 0.2) is 25.2 Å². The summed E-state index contributed by atoms with van der Waals surface area (Å²) in [4.78, 5) is 0. The van der Waals surface area contributed by atoms with E-state index in [1.807, 2.05) is 0 Å². The van der Waals surface area contributed by atoms with Crippen molar-refractivity contribution < 1.29 is 135 Å². The molecule has 16 N–H and O–H groups in total. The number of hydrogen-bond acceptors (Lipinski definition) is 28. The van der Waals surface area contributed by atoms with Crippen LogP contribution in [0.5, 0.6) is 0 Å². The maximum atomic E-state index is 11.1. The second-order valence-corrected chi connectivity index (χ2v) is 26.2. The summed E-state index contributed by atoms with van der Waals surface area (Å²) in [5.41, 5.74) is 0. The number of aliphatic hydroxyl groups excluding tert-OH is 16. The molecule has 4 unspecified atom stereocenters. The van der Waals surface area contributed by atoms with E-state index in [2.05, 4.69) is 0 Å². The van der Waals surface area contributed by atoms with Gasteiger partial charge in [-0.25, -0.2) is 0 Å². The second-order valence-electron chi connectivity index (χ2n) is 15.1. The van der Waals surface area contributed by atoms with Crippen LogP contribution >= 0.6 is 0 Å². The minimum absolute atomic E-state index is 0.916. The maximum Gasteiger partial charge on any atom is 0.483 e. The second kappa shape index (κ2) is 19.7. The van der Waals surface area contributed by atoms with Crippen LogP contribution in [0.15, 0.2) is 0 Å². The van der Waals surface area contributed by atoms with Gasteiger partial charge in [-0.2, -0.15) is 0 Å². The van der Waals surface area contributed by atoms with Crippen LogP contribution in [0.25, 0.3) is 0 Å². The van der Waals surface area contributed by atoms with Crippen molar-refractivity contribution in [2.45, 2.75) is 149 Å². The van der Waals surface area contributed by atoms with Crippen molar-refractivity contribution in [3.8, 4) is 0 Å². The van der Waals surface area contributed by atoms with Crippen molar-refractivity contribution in [3.05, 3.63) is 0 Å². The smallest absolute Gasteiger partial charge is 0.394 e. The van der Waals surface area contributed by atoms with Crippen LogP contribution in [-0.4, -0.2) is 266 Å². The first kappa shape index (κ1) is 50.7. The molecule has 5 rings (SSSR count). The zero-order valence-electron chi connectivity index (χ0n) is 32.4. The molecule has 0 radical (unpaired) electrons. The lowest BCUT2D eigenvalue weighted by molar-refractivity contribution is -0.292. The molecule has 32 heteroatoms. The third kappa shape index (κ3) is 10.7. The summed E-state index contributed by atoms with van der Waals surface area (Å²) in [5.74, 6) is 0. The van der Waals surface area contributed by atoms with Crippen LogP contribution in [0.3, 0.4) is 0 Å². The van der Waals surface area contributed by atoms with Gasteiger partial charge in [-0.15, -0.1) is 0 Å². The van der Waals surface area contributed by atoms with E-state index in [1.54, 1.807) is 0 Å². The van der Waals surface area contributed by atoms with Gasteiger partial charge < -0.3 is 135 Å². The molecule has 5 heterocycles. The van der Waals surface area contributed by atoms with Gasteiger partial charge in [0.05, 0.1) is 26.4 Å². The van der Waals surface area contributed by atoms with Crippen LogP contribution in [0.4, 0.5) is 0 Å². The average molecular weight is 953 g/mol. The van der Waals surface area contributed by atoms with Crippen molar-refractivity contribution in [1.82, 2.24) is 0 Å². The standard InChI is InChI=1S/C28H56O28Si4/c1-57(49-21-13(33)9(5-29)45-25(41)17(21)37)53-58(2,50-22-14(34)10(6-30)46-26(42)18(22)38)55-60(4,52-24-16(36)12(8-32)48-28(44)20(24)40)56-59(3,54-57)51-23-15(35)11(7-31)47-27(43)19(23)39/h9-44H,5-8H2,1-4H3/t9-,10-,11-,12-,13-,14-,15-,16-,17-,18-,19-,20-,21+,22+,23+,24+,25?,26?,27?,28?,57?,58?,59?,60?/m1/s1. The molecule has 0 saturated carbocycles. The molecule has 0 amide bonds. The van der Waals surface area contributed by atoms with E-state index in [1.165, 1.54) is 0 Å². The first-order valence-corrected chi connectivity index (χ1v) is 27.5. The van der Waals surface area contributed by atoms with E-state index >= 15 is 0 Å². The fourth-order valence-electron chi connectivity index (χ4n) is 7.44. The van der Waals surface area contributed by atoms with Crippen molar-refractivity contribution in [2.75, 3.05) is 26.4 Å². The highest BCUT2D eigenvalue weighted by atomic mass is 28.6. The highest BCUT2D eigenvalue weighted by Crippen LogP contribution is 2.40. The Morgan fingerprint density at radius 3 is 0.633 bits per heavy atom. The molecule has 352 valence electrons. The maximum absolute atomic E-state index is 11.1. The zero-order valence-corrected chi connectivity index (χ0v) is 36.4. The predicted octanol–water partition coefficient (Wildman–Crippen LogP) is -10.4. The van der Waals surface area contributed by atoms with Crippen LogP contribution in [-0.2, 0) is 53.1 Å². The first-order chi connectivity index (χ1) is 27.9. The lowest BCUT2D eigenvalue weighted by Gasteiger charge is -2.52. The van der Waals surface area contributed by atoms with Gasteiger partial charge in [-0.3, -0.25) is 0 Å². The summed E-state index contributed by atoms with van der Waals surface area (Å²) >= 11 is 0. The number of rotatable bonds is 12. The average Bonchev–Trinajstić information content (AvgIpc) is 3.17. The predicted molar refractivity (Wildman–Crippen MR) is 190 cm³/mol. The van der Waals surface area contributed by atoms with E-state index in [9.17, 15) is 81.7 Å². The Kier molecular flexibility index (Phi) is 16.7. The molecular formula is C28H56O28Si4. The van der Waals surface area contributed by atoms with Crippen LogP contribution in [0, 0.1) is 0 Å². The number of hydrogen-bond donors (Lipinski definition) is 16. The fourth-order valence-corrected chi connectivity index (χ4v) is 25.0. The largest absolute Gasteiger partial charge is 0.483 e.